The van der Waals surface area contributed by atoms with Crippen LogP contribution in [0.15, 0.2) is 52.3 Å². The molecule has 4 rings (SSSR count). The van der Waals surface area contributed by atoms with Crippen molar-refractivity contribution in [2.45, 2.75) is 34.1 Å². The molecule has 174 valence electrons. The van der Waals surface area contributed by atoms with Gasteiger partial charge < -0.3 is 20.2 Å². The first-order chi connectivity index (χ1) is 15.2. The quantitative estimate of drug-likeness (QED) is 0.606. The van der Waals surface area contributed by atoms with E-state index < -0.39 is 23.4 Å². The maximum atomic E-state index is 13.4. The average molecular weight is 469 g/mol. The average Bonchev–Trinajstić information content (AvgIpc) is 2.78. The van der Waals surface area contributed by atoms with E-state index in [1.807, 2.05) is 0 Å². The number of benzene rings is 2. The summed E-state index contributed by atoms with van der Waals surface area (Å²) in [5.74, 6) is 0. The number of hydrogen-bond acceptors (Lipinski definition) is 6. The van der Waals surface area contributed by atoms with Crippen molar-refractivity contribution in [2.24, 2.45) is 0 Å². The summed E-state index contributed by atoms with van der Waals surface area (Å²) in [5.41, 5.74) is -2.26. The number of β-amino-alcohol motifs (C(OH)–C–C–N with tert-alkyl or cyclic N) is 1. The van der Waals surface area contributed by atoms with Gasteiger partial charge in [0.05, 0.1) is 18.3 Å². The fourth-order valence-electron chi connectivity index (χ4n) is 4.48. The Bertz CT molecular complexity index is 950. The van der Waals surface area contributed by atoms with E-state index in [9.17, 15) is 23.4 Å². The highest BCUT2D eigenvalue weighted by molar-refractivity contribution is 7.99. The van der Waals surface area contributed by atoms with Gasteiger partial charge in [-0.15, -0.1) is 0 Å². The number of rotatable bonds is 6. The van der Waals surface area contributed by atoms with Crippen LogP contribution in [0.2, 0.25) is 0 Å². The van der Waals surface area contributed by atoms with Gasteiger partial charge in [-0.05, 0) is 30.7 Å². The third-order valence-corrected chi connectivity index (χ3v) is 7.47. The van der Waals surface area contributed by atoms with E-state index in [4.69, 9.17) is 5.11 Å². The van der Waals surface area contributed by atoms with Crippen LogP contribution in [0, 0.1) is 0 Å². The Balaban J connectivity index is 1.59. The molecule has 5 nitrogen and oxygen atoms in total. The summed E-state index contributed by atoms with van der Waals surface area (Å²) in [6, 6.07) is 10.3. The predicted octanol–water partition coefficient (Wildman–Crippen LogP) is 2.77. The van der Waals surface area contributed by atoms with Crippen LogP contribution in [-0.4, -0.2) is 77.1 Å². The van der Waals surface area contributed by atoms with Crippen molar-refractivity contribution in [1.29, 1.82) is 0 Å². The maximum Gasteiger partial charge on any atom is 0.416 e. The zero-order valence-electron chi connectivity index (χ0n) is 17.6. The lowest BCUT2D eigenvalue weighted by molar-refractivity contribution is -0.138. The van der Waals surface area contributed by atoms with Gasteiger partial charge in [0.15, 0.2) is 0 Å². The highest BCUT2D eigenvalue weighted by atomic mass is 32.2. The van der Waals surface area contributed by atoms with Crippen molar-refractivity contribution < 1.29 is 28.5 Å². The Kier molecular flexibility index (Phi) is 6.86. The topological polar surface area (TPSA) is 67.2 Å². The van der Waals surface area contributed by atoms with Gasteiger partial charge in [-0.25, -0.2) is 0 Å². The Morgan fingerprint density at radius 3 is 2.22 bits per heavy atom. The molecule has 0 aliphatic carbocycles. The van der Waals surface area contributed by atoms with E-state index in [-0.39, 0.29) is 18.6 Å². The van der Waals surface area contributed by atoms with E-state index in [1.165, 1.54) is 17.8 Å². The molecule has 1 fully saturated rings. The van der Waals surface area contributed by atoms with E-state index >= 15 is 0 Å². The van der Waals surface area contributed by atoms with Crippen molar-refractivity contribution in [2.75, 3.05) is 45.9 Å². The van der Waals surface area contributed by atoms with Crippen LogP contribution < -0.4 is 0 Å². The molecule has 9 heteroatoms. The van der Waals surface area contributed by atoms with Gasteiger partial charge in [0.25, 0.3) is 0 Å². The summed E-state index contributed by atoms with van der Waals surface area (Å²) in [7, 11) is 0. The van der Waals surface area contributed by atoms with Crippen LogP contribution in [-0.2, 0) is 11.8 Å². The van der Waals surface area contributed by atoms with Crippen molar-refractivity contribution >= 4 is 11.8 Å². The molecule has 2 heterocycles. The minimum atomic E-state index is -4.54. The second-order valence-corrected chi connectivity index (χ2v) is 9.37. The van der Waals surface area contributed by atoms with Gasteiger partial charge in [0.1, 0.15) is 5.60 Å². The number of hydrogen-bond donors (Lipinski definition) is 3. The van der Waals surface area contributed by atoms with Gasteiger partial charge in [0.2, 0.25) is 0 Å². The molecule has 32 heavy (non-hydrogen) atoms. The Labute approximate surface area is 189 Å². The fraction of sp³-hybridized carbons (Fsp3) is 0.478. The maximum absolute atomic E-state index is 13.4. The second-order valence-electron chi connectivity index (χ2n) is 8.28. The van der Waals surface area contributed by atoms with E-state index in [0.29, 0.717) is 23.5 Å². The van der Waals surface area contributed by atoms with Crippen LogP contribution in [0.1, 0.15) is 23.1 Å². The Hall–Kier alpha value is -1.62. The summed E-state index contributed by atoms with van der Waals surface area (Å²) in [4.78, 5) is 5.55. The fourth-order valence-corrected chi connectivity index (χ4v) is 5.66. The third-order valence-electron chi connectivity index (χ3n) is 6.32. The van der Waals surface area contributed by atoms with Crippen molar-refractivity contribution in [3.8, 4) is 0 Å². The number of aliphatic hydroxyl groups excluding tert-OH is 2. The Morgan fingerprint density at radius 2 is 1.56 bits per heavy atom. The number of halogens is 3. The first-order valence-electron chi connectivity index (χ1n) is 10.7. The van der Waals surface area contributed by atoms with Crippen molar-refractivity contribution in [3.05, 3.63) is 59.2 Å². The molecule has 0 radical (unpaired) electrons. The molecule has 0 aromatic heterocycles. The zero-order valence-corrected chi connectivity index (χ0v) is 18.4. The molecule has 0 spiro atoms. The summed E-state index contributed by atoms with van der Waals surface area (Å²) in [5, 5.41) is 32.0. The van der Waals surface area contributed by atoms with Crippen molar-refractivity contribution in [1.82, 2.24) is 9.80 Å². The monoisotopic (exact) mass is 468 g/mol. The van der Waals surface area contributed by atoms with Crippen molar-refractivity contribution in [3.63, 3.8) is 0 Å². The minimum Gasteiger partial charge on any atom is -0.395 e. The van der Waals surface area contributed by atoms with Crippen LogP contribution in [0.3, 0.4) is 0 Å². The van der Waals surface area contributed by atoms with E-state index in [2.05, 4.69) is 9.80 Å². The molecule has 2 aromatic carbocycles. The molecule has 0 amide bonds. The van der Waals surface area contributed by atoms with Crippen LogP contribution >= 0.6 is 11.8 Å². The molecule has 2 aromatic rings. The summed E-state index contributed by atoms with van der Waals surface area (Å²) in [6.45, 7) is 4.40. The molecule has 2 aliphatic heterocycles. The van der Waals surface area contributed by atoms with Gasteiger partial charge in [-0.3, -0.25) is 4.90 Å². The molecule has 1 saturated heterocycles. The molecular formula is C23H27F3N2O3S. The predicted molar refractivity (Wildman–Crippen MR) is 116 cm³/mol. The zero-order chi connectivity index (χ0) is 22.9. The van der Waals surface area contributed by atoms with Crippen LogP contribution in [0.25, 0.3) is 0 Å². The lowest BCUT2D eigenvalue weighted by Gasteiger charge is -2.41. The largest absolute Gasteiger partial charge is 0.416 e. The number of alkyl halides is 3. The molecule has 2 atom stereocenters. The lowest BCUT2D eigenvalue weighted by Crippen LogP contribution is -2.49. The lowest BCUT2D eigenvalue weighted by atomic mass is 9.79. The number of aliphatic hydroxyl groups is 3. The SMILES string of the molecule is OCCN1CCN(CC[C@@H](O)[C@@]2(O)c3ccccc3Sc3ccc(C(F)(F)F)cc32)CC1. The summed E-state index contributed by atoms with van der Waals surface area (Å²) in [6.07, 6.45) is -5.61. The first kappa shape index (κ1) is 23.5. The van der Waals surface area contributed by atoms with E-state index in [0.717, 1.165) is 43.2 Å². The molecule has 0 unspecified atom stereocenters. The normalized spacial score (nSPS) is 22.9. The number of nitrogens with zero attached hydrogens (tertiary/aromatic N) is 2. The molecular weight excluding hydrogens is 441 g/mol. The van der Waals surface area contributed by atoms with Gasteiger partial charge >= 0.3 is 6.18 Å². The summed E-state index contributed by atoms with van der Waals surface area (Å²) >= 11 is 1.30. The van der Waals surface area contributed by atoms with E-state index in [1.54, 1.807) is 24.3 Å². The Morgan fingerprint density at radius 1 is 0.938 bits per heavy atom. The van der Waals surface area contributed by atoms with Gasteiger partial charge in [-0.1, -0.05) is 30.0 Å². The van der Waals surface area contributed by atoms with Gasteiger partial charge in [0, 0.05) is 60.2 Å². The van der Waals surface area contributed by atoms with Crippen LogP contribution in [0.4, 0.5) is 13.2 Å². The standard InChI is InChI=1S/C23H27F3N2O3S/c24-23(25,26)16-5-6-20-18(15-16)22(31,17-3-1-2-4-19(17)32-20)21(30)7-8-27-9-11-28(12-10-27)13-14-29/h1-6,15,21,29-31H,7-14H2/t21-,22-/m1/s1. The molecule has 2 aliphatic rings. The first-order valence-corrected chi connectivity index (χ1v) is 11.5. The smallest absolute Gasteiger partial charge is 0.395 e. The molecule has 0 bridgehead atoms. The highest BCUT2D eigenvalue weighted by Gasteiger charge is 2.46. The second kappa shape index (κ2) is 9.32. The van der Waals surface area contributed by atoms with Crippen LogP contribution in [0.5, 0.6) is 0 Å². The number of piperazine rings is 1. The number of fused-ring (bicyclic) bond motifs is 2. The van der Waals surface area contributed by atoms with Gasteiger partial charge in [-0.2, -0.15) is 13.2 Å². The molecule has 3 N–H and O–H groups in total. The third kappa shape index (κ3) is 4.55. The highest BCUT2D eigenvalue weighted by Crippen LogP contribution is 2.51. The molecule has 0 saturated carbocycles. The minimum absolute atomic E-state index is 0.0938. The summed E-state index contributed by atoms with van der Waals surface area (Å²) < 4.78 is 40.2.